The summed E-state index contributed by atoms with van der Waals surface area (Å²) in [6, 6.07) is 19.2. The van der Waals surface area contributed by atoms with Crippen LogP contribution in [0, 0.1) is 5.41 Å². The predicted molar refractivity (Wildman–Crippen MR) is 145 cm³/mol. The second-order valence-electron chi connectivity index (χ2n) is 10.4. The van der Waals surface area contributed by atoms with E-state index in [-0.39, 0.29) is 29.0 Å². The number of aliphatic carboxylic acids is 1. The van der Waals surface area contributed by atoms with Gasteiger partial charge < -0.3 is 14.9 Å². The molecular formula is C30H29Cl2NO5. The van der Waals surface area contributed by atoms with Gasteiger partial charge in [0.25, 0.3) is 5.91 Å². The van der Waals surface area contributed by atoms with Crippen LogP contribution in [0.4, 0.5) is 0 Å². The van der Waals surface area contributed by atoms with Crippen LogP contribution in [0.1, 0.15) is 65.7 Å². The molecule has 2 aliphatic rings. The monoisotopic (exact) mass is 553 g/mol. The van der Waals surface area contributed by atoms with Crippen molar-refractivity contribution in [2.45, 2.75) is 51.0 Å². The average molecular weight is 554 g/mol. The van der Waals surface area contributed by atoms with Gasteiger partial charge in [-0.1, -0.05) is 66.5 Å². The molecule has 1 heterocycles. The van der Waals surface area contributed by atoms with Crippen LogP contribution >= 0.6 is 23.2 Å². The molecule has 3 aromatic carbocycles. The van der Waals surface area contributed by atoms with Crippen LogP contribution in [0.5, 0.6) is 0 Å². The number of amides is 1. The Morgan fingerprint density at radius 1 is 1.03 bits per heavy atom. The maximum absolute atomic E-state index is 14.1. The summed E-state index contributed by atoms with van der Waals surface area (Å²) in [7, 11) is 0. The number of ether oxygens (including phenoxy) is 1. The lowest BCUT2D eigenvalue weighted by atomic mass is 9.88. The average Bonchev–Trinajstić information content (AvgIpc) is 3.65. The molecule has 0 bridgehead atoms. The van der Waals surface area contributed by atoms with E-state index >= 15 is 0 Å². The van der Waals surface area contributed by atoms with Crippen molar-refractivity contribution in [3.8, 4) is 0 Å². The van der Waals surface area contributed by atoms with Crippen LogP contribution in [0.15, 0.2) is 66.7 Å². The first-order chi connectivity index (χ1) is 18.0. The molecule has 1 aliphatic heterocycles. The summed E-state index contributed by atoms with van der Waals surface area (Å²) in [5.41, 5.74) is -0.811. The van der Waals surface area contributed by atoms with E-state index in [4.69, 9.17) is 27.9 Å². The largest absolute Gasteiger partial charge is 0.479 e. The third-order valence-corrected chi connectivity index (χ3v) is 8.51. The van der Waals surface area contributed by atoms with Crippen molar-refractivity contribution < 1.29 is 24.5 Å². The Morgan fingerprint density at radius 3 is 2.18 bits per heavy atom. The smallest absolute Gasteiger partial charge is 0.340 e. The van der Waals surface area contributed by atoms with Crippen molar-refractivity contribution in [1.29, 1.82) is 0 Å². The SMILES string of the molecule is CCC1(CO[C@]2(c3ccc(Cl)cc3)c3ccc(C(C)(O)C(=O)O)cc3C(=O)N2Cc2ccc(Cl)cc2)CC1. The first-order valence-corrected chi connectivity index (χ1v) is 13.4. The Balaban J connectivity index is 1.71. The van der Waals surface area contributed by atoms with Crippen molar-refractivity contribution in [2.24, 2.45) is 5.41 Å². The van der Waals surface area contributed by atoms with E-state index in [9.17, 15) is 19.8 Å². The second kappa shape index (κ2) is 9.69. The molecule has 1 unspecified atom stereocenters. The number of carboxylic acid groups (broad SMARTS) is 1. The van der Waals surface area contributed by atoms with E-state index in [2.05, 4.69) is 6.92 Å². The zero-order valence-electron chi connectivity index (χ0n) is 21.2. The third-order valence-electron chi connectivity index (χ3n) is 8.00. The molecule has 198 valence electrons. The molecule has 1 fully saturated rings. The molecule has 1 saturated carbocycles. The number of carbonyl (C=O) groups excluding carboxylic acids is 1. The molecule has 2 atom stereocenters. The van der Waals surface area contributed by atoms with Gasteiger partial charge in [-0.2, -0.15) is 0 Å². The molecule has 5 rings (SSSR count). The van der Waals surface area contributed by atoms with Gasteiger partial charge in [0.15, 0.2) is 11.3 Å². The molecule has 0 radical (unpaired) electrons. The van der Waals surface area contributed by atoms with Gasteiger partial charge in [-0.05, 0) is 73.1 Å². The lowest BCUT2D eigenvalue weighted by Gasteiger charge is -2.40. The number of hydrogen-bond donors (Lipinski definition) is 2. The van der Waals surface area contributed by atoms with Crippen LogP contribution in [0.3, 0.4) is 0 Å². The van der Waals surface area contributed by atoms with Crippen molar-refractivity contribution >= 4 is 35.1 Å². The number of carboxylic acids is 1. The van der Waals surface area contributed by atoms with Gasteiger partial charge in [0, 0.05) is 33.3 Å². The molecule has 1 aliphatic carbocycles. The first-order valence-electron chi connectivity index (χ1n) is 12.6. The van der Waals surface area contributed by atoms with Crippen molar-refractivity contribution in [3.63, 3.8) is 0 Å². The highest BCUT2D eigenvalue weighted by Crippen LogP contribution is 2.53. The minimum atomic E-state index is -2.16. The van der Waals surface area contributed by atoms with Crippen LogP contribution in [0.2, 0.25) is 10.0 Å². The summed E-state index contributed by atoms with van der Waals surface area (Å²) in [5.74, 6) is -1.73. The molecule has 6 nitrogen and oxygen atoms in total. The fourth-order valence-corrected chi connectivity index (χ4v) is 5.34. The Bertz CT molecular complexity index is 1380. The maximum Gasteiger partial charge on any atom is 0.340 e. The predicted octanol–water partition coefficient (Wildman–Crippen LogP) is 6.35. The van der Waals surface area contributed by atoms with Crippen LogP contribution in [-0.4, -0.2) is 33.6 Å². The van der Waals surface area contributed by atoms with E-state index in [0.29, 0.717) is 22.2 Å². The van der Waals surface area contributed by atoms with E-state index in [1.54, 1.807) is 41.3 Å². The first kappa shape index (κ1) is 26.7. The highest BCUT2D eigenvalue weighted by molar-refractivity contribution is 6.30. The Hall–Kier alpha value is -2.90. The number of aliphatic hydroxyl groups is 1. The third kappa shape index (κ3) is 4.50. The van der Waals surface area contributed by atoms with Crippen molar-refractivity contribution in [2.75, 3.05) is 6.61 Å². The molecule has 1 amide bonds. The number of benzene rings is 3. The van der Waals surface area contributed by atoms with Crippen LogP contribution in [-0.2, 0) is 27.4 Å². The Kier molecular flexibility index (Phi) is 6.81. The van der Waals surface area contributed by atoms with Crippen LogP contribution in [0.25, 0.3) is 0 Å². The minimum absolute atomic E-state index is 0.0596. The zero-order valence-corrected chi connectivity index (χ0v) is 22.7. The molecule has 8 heteroatoms. The van der Waals surface area contributed by atoms with E-state index in [1.165, 1.54) is 13.0 Å². The van der Waals surface area contributed by atoms with Gasteiger partial charge in [-0.3, -0.25) is 9.69 Å². The number of hydrogen-bond acceptors (Lipinski definition) is 4. The lowest BCUT2D eigenvalue weighted by molar-refractivity contribution is -0.157. The van der Waals surface area contributed by atoms with E-state index < -0.39 is 17.3 Å². The summed E-state index contributed by atoms with van der Waals surface area (Å²) in [6.07, 6.45) is 3.07. The Labute approximate surface area is 231 Å². The standard InChI is InChI=1S/C30H29Cl2NO5/c1-3-29(14-15-29)18-38-30(20-6-11-23(32)12-7-20)25-13-8-21(28(2,37)27(35)36)16-24(25)26(34)33(30)17-19-4-9-22(31)10-5-19/h4-13,16,37H,3,14-15,17-18H2,1-2H3,(H,35,36)/t28?,30-/m1/s1. The Morgan fingerprint density at radius 2 is 1.63 bits per heavy atom. The highest BCUT2D eigenvalue weighted by atomic mass is 35.5. The minimum Gasteiger partial charge on any atom is -0.479 e. The van der Waals surface area contributed by atoms with Gasteiger partial charge >= 0.3 is 5.97 Å². The molecule has 0 saturated heterocycles. The van der Waals surface area contributed by atoms with Gasteiger partial charge in [0.2, 0.25) is 0 Å². The second-order valence-corrected chi connectivity index (χ2v) is 11.3. The summed E-state index contributed by atoms with van der Waals surface area (Å²) in [6.45, 7) is 4.01. The molecule has 3 aromatic rings. The van der Waals surface area contributed by atoms with Crippen molar-refractivity contribution in [3.05, 3.63) is 105 Å². The quantitative estimate of drug-likeness (QED) is 0.322. The molecule has 2 N–H and O–H groups in total. The number of nitrogens with zero attached hydrogens (tertiary/aromatic N) is 1. The molecule has 38 heavy (non-hydrogen) atoms. The maximum atomic E-state index is 14.1. The topological polar surface area (TPSA) is 87.1 Å². The molecular weight excluding hydrogens is 525 g/mol. The fourth-order valence-electron chi connectivity index (χ4n) is 5.09. The van der Waals surface area contributed by atoms with Crippen molar-refractivity contribution in [1.82, 2.24) is 4.90 Å². The van der Waals surface area contributed by atoms with Gasteiger partial charge in [-0.15, -0.1) is 0 Å². The van der Waals surface area contributed by atoms with E-state index in [0.717, 1.165) is 30.4 Å². The normalized spacial score (nSPS) is 21.2. The van der Waals surface area contributed by atoms with Gasteiger partial charge in [-0.25, -0.2) is 4.79 Å². The number of halogens is 2. The number of carbonyl (C=O) groups is 2. The van der Waals surface area contributed by atoms with Gasteiger partial charge in [0.05, 0.1) is 6.61 Å². The number of rotatable bonds is 9. The molecule has 0 spiro atoms. The summed E-state index contributed by atoms with van der Waals surface area (Å²) >= 11 is 12.4. The summed E-state index contributed by atoms with van der Waals surface area (Å²) < 4.78 is 6.87. The number of fused-ring (bicyclic) bond motifs is 1. The lowest BCUT2D eigenvalue weighted by Crippen LogP contribution is -2.47. The van der Waals surface area contributed by atoms with Gasteiger partial charge in [0.1, 0.15) is 0 Å². The highest BCUT2D eigenvalue weighted by Gasteiger charge is 2.55. The summed E-state index contributed by atoms with van der Waals surface area (Å²) in [5, 5.41) is 21.4. The fraction of sp³-hybridized carbons (Fsp3) is 0.333. The zero-order chi connectivity index (χ0) is 27.3. The summed E-state index contributed by atoms with van der Waals surface area (Å²) in [4.78, 5) is 27.6. The van der Waals surface area contributed by atoms with E-state index in [1.807, 2.05) is 24.3 Å². The molecule has 0 aromatic heterocycles. The van der Waals surface area contributed by atoms with Crippen LogP contribution < -0.4 is 0 Å².